The monoisotopic (exact) mass is 276 g/mol. The van der Waals surface area contributed by atoms with E-state index in [0.29, 0.717) is 0 Å². The normalized spacial score (nSPS) is 22.1. The molecule has 0 aromatic heterocycles. The number of amides is 1. The molecule has 4 heteroatoms. The lowest BCUT2D eigenvalue weighted by atomic mass is 9.82. The number of nitrogens with one attached hydrogen (secondary N) is 2. The van der Waals surface area contributed by atoms with Gasteiger partial charge in [0.2, 0.25) is 0 Å². The van der Waals surface area contributed by atoms with Gasteiger partial charge in [-0.1, -0.05) is 19.8 Å². The van der Waals surface area contributed by atoms with Gasteiger partial charge in [-0.15, -0.1) is 0 Å². The Kier molecular flexibility index (Phi) is 5.27. The molecule has 0 spiro atoms. The molecule has 1 aliphatic rings. The van der Waals surface area contributed by atoms with Crippen molar-refractivity contribution in [3.63, 3.8) is 0 Å². The molecule has 1 fully saturated rings. The van der Waals surface area contributed by atoms with Gasteiger partial charge >= 0.3 is 6.09 Å². The summed E-state index contributed by atoms with van der Waals surface area (Å²) in [4.78, 5) is 11.1. The standard InChI is InChI=1S/C16H24N2O2/c1-12-4-3-5-13(10-12)11-17-14-6-8-15(9-7-14)18-16(19)20-2/h6-9,12-13,17H,3-5,10-11H2,1-2H3,(H,18,19). The van der Waals surface area contributed by atoms with Crippen molar-refractivity contribution in [3.8, 4) is 0 Å². The Labute approximate surface area is 120 Å². The summed E-state index contributed by atoms with van der Waals surface area (Å²) in [6.07, 6.45) is 4.95. The summed E-state index contributed by atoms with van der Waals surface area (Å²) >= 11 is 0. The molecule has 0 aliphatic heterocycles. The Morgan fingerprint density at radius 3 is 2.60 bits per heavy atom. The summed E-state index contributed by atoms with van der Waals surface area (Å²) in [5.41, 5.74) is 1.84. The average molecular weight is 276 g/mol. The summed E-state index contributed by atoms with van der Waals surface area (Å²) in [5.74, 6) is 1.65. The minimum atomic E-state index is -0.443. The highest BCUT2D eigenvalue weighted by atomic mass is 16.5. The maximum Gasteiger partial charge on any atom is 0.411 e. The molecule has 110 valence electrons. The second kappa shape index (κ2) is 7.17. The molecule has 1 aromatic carbocycles. The van der Waals surface area contributed by atoms with Gasteiger partial charge in [-0.25, -0.2) is 4.79 Å². The number of methoxy groups -OCH3 is 1. The fourth-order valence-electron chi connectivity index (χ4n) is 2.85. The van der Waals surface area contributed by atoms with E-state index in [4.69, 9.17) is 0 Å². The molecule has 1 amide bonds. The third-order valence-electron chi connectivity index (χ3n) is 3.96. The zero-order valence-corrected chi connectivity index (χ0v) is 12.3. The fourth-order valence-corrected chi connectivity index (χ4v) is 2.85. The van der Waals surface area contributed by atoms with Gasteiger partial charge in [0.05, 0.1) is 7.11 Å². The molecule has 2 atom stereocenters. The van der Waals surface area contributed by atoms with E-state index in [0.717, 1.165) is 29.8 Å². The first kappa shape index (κ1) is 14.7. The Morgan fingerprint density at radius 1 is 1.25 bits per heavy atom. The molecule has 4 nitrogen and oxygen atoms in total. The van der Waals surface area contributed by atoms with Crippen LogP contribution < -0.4 is 10.6 Å². The lowest BCUT2D eigenvalue weighted by Gasteiger charge is -2.27. The molecule has 0 bridgehead atoms. The first-order valence-corrected chi connectivity index (χ1v) is 7.36. The van der Waals surface area contributed by atoms with Crippen LogP contribution in [0.5, 0.6) is 0 Å². The Hall–Kier alpha value is -1.71. The van der Waals surface area contributed by atoms with Crippen LogP contribution in [0.1, 0.15) is 32.6 Å². The molecule has 2 unspecified atom stereocenters. The number of hydrogen-bond acceptors (Lipinski definition) is 3. The maximum absolute atomic E-state index is 11.1. The van der Waals surface area contributed by atoms with E-state index >= 15 is 0 Å². The highest BCUT2D eigenvalue weighted by Gasteiger charge is 2.18. The molecule has 0 heterocycles. The van der Waals surface area contributed by atoms with Gasteiger partial charge in [0, 0.05) is 17.9 Å². The van der Waals surface area contributed by atoms with Gasteiger partial charge in [-0.05, 0) is 48.9 Å². The second-order valence-corrected chi connectivity index (χ2v) is 5.71. The van der Waals surface area contributed by atoms with Gasteiger partial charge in [0.25, 0.3) is 0 Å². The lowest BCUT2D eigenvalue weighted by molar-refractivity contribution is 0.187. The van der Waals surface area contributed by atoms with Gasteiger partial charge in [0.15, 0.2) is 0 Å². The maximum atomic E-state index is 11.1. The van der Waals surface area contributed by atoms with Crippen LogP contribution in [0.15, 0.2) is 24.3 Å². The van der Waals surface area contributed by atoms with E-state index in [1.807, 2.05) is 24.3 Å². The van der Waals surface area contributed by atoms with E-state index in [-0.39, 0.29) is 0 Å². The van der Waals surface area contributed by atoms with Crippen molar-refractivity contribution in [2.45, 2.75) is 32.6 Å². The predicted octanol–water partition coefficient (Wildman–Crippen LogP) is 4.10. The summed E-state index contributed by atoms with van der Waals surface area (Å²) in [6.45, 7) is 3.38. The van der Waals surface area contributed by atoms with E-state index in [2.05, 4.69) is 22.3 Å². The fraction of sp³-hybridized carbons (Fsp3) is 0.562. The van der Waals surface area contributed by atoms with Crippen molar-refractivity contribution < 1.29 is 9.53 Å². The molecule has 2 N–H and O–H groups in total. The van der Waals surface area contributed by atoms with E-state index in [1.54, 1.807) is 0 Å². The van der Waals surface area contributed by atoms with Crippen LogP contribution in [0.25, 0.3) is 0 Å². The first-order chi connectivity index (χ1) is 9.67. The predicted molar refractivity (Wildman–Crippen MR) is 82.1 cm³/mol. The van der Waals surface area contributed by atoms with Gasteiger partial charge < -0.3 is 10.1 Å². The van der Waals surface area contributed by atoms with Crippen molar-refractivity contribution in [3.05, 3.63) is 24.3 Å². The quantitative estimate of drug-likeness (QED) is 0.870. The van der Waals surface area contributed by atoms with Crippen molar-refractivity contribution >= 4 is 17.5 Å². The first-order valence-electron chi connectivity index (χ1n) is 7.36. The van der Waals surface area contributed by atoms with Crippen LogP contribution in [-0.4, -0.2) is 19.7 Å². The largest absolute Gasteiger partial charge is 0.453 e. The van der Waals surface area contributed by atoms with Crippen LogP contribution in [-0.2, 0) is 4.74 Å². The number of ether oxygens (including phenoxy) is 1. The number of rotatable bonds is 4. The summed E-state index contributed by atoms with van der Waals surface area (Å²) in [5, 5.41) is 6.13. The topological polar surface area (TPSA) is 50.4 Å². The van der Waals surface area contributed by atoms with E-state index < -0.39 is 6.09 Å². The minimum Gasteiger partial charge on any atom is -0.453 e. The SMILES string of the molecule is COC(=O)Nc1ccc(NCC2CCCC(C)C2)cc1. The Bertz CT molecular complexity index is 431. The third kappa shape index (κ3) is 4.44. The molecule has 2 rings (SSSR count). The van der Waals surface area contributed by atoms with Gasteiger partial charge in [-0.2, -0.15) is 0 Å². The van der Waals surface area contributed by atoms with Crippen LogP contribution in [0.3, 0.4) is 0 Å². The highest BCUT2D eigenvalue weighted by molar-refractivity contribution is 5.84. The molecule has 1 aromatic rings. The number of hydrogen-bond donors (Lipinski definition) is 2. The van der Waals surface area contributed by atoms with E-state index in [9.17, 15) is 4.79 Å². The minimum absolute atomic E-state index is 0.443. The zero-order chi connectivity index (χ0) is 14.4. The molecule has 0 radical (unpaired) electrons. The average Bonchev–Trinajstić information content (AvgIpc) is 2.46. The number of anilines is 2. The van der Waals surface area contributed by atoms with Crippen LogP contribution in [0.4, 0.5) is 16.2 Å². The zero-order valence-electron chi connectivity index (χ0n) is 12.3. The second-order valence-electron chi connectivity index (χ2n) is 5.71. The summed E-state index contributed by atoms with van der Waals surface area (Å²) in [6, 6.07) is 7.72. The molecular formula is C16H24N2O2. The third-order valence-corrected chi connectivity index (χ3v) is 3.96. The van der Waals surface area contributed by atoms with Crippen molar-refractivity contribution in [2.24, 2.45) is 11.8 Å². The molecule has 20 heavy (non-hydrogen) atoms. The number of benzene rings is 1. The lowest BCUT2D eigenvalue weighted by Crippen LogP contribution is -2.21. The summed E-state index contributed by atoms with van der Waals surface area (Å²) in [7, 11) is 1.36. The molecule has 1 aliphatic carbocycles. The molecular weight excluding hydrogens is 252 g/mol. The number of carbonyl (C=O) groups is 1. The molecule has 1 saturated carbocycles. The van der Waals surface area contributed by atoms with E-state index in [1.165, 1.54) is 32.8 Å². The Morgan fingerprint density at radius 2 is 1.95 bits per heavy atom. The van der Waals surface area contributed by atoms with Crippen molar-refractivity contribution in [1.82, 2.24) is 0 Å². The smallest absolute Gasteiger partial charge is 0.411 e. The van der Waals surface area contributed by atoms with Crippen LogP contribution in [0, 0.1) is 11.8 Å². The van der Waals surface area contributed by atoms with Gasteiger partial charge in [0.1, 0.15) is 0 Å². The van der Waals surface area contributed by atoms with Crippen molar-refractivity contribution in [1.29, 1.82) is 0 Å². The van der Waals surface area contributed by atoms with Crippen LogP contribution in [0.2, 0.25) is 0 Å². The number of carbonyl (C=O) groups excluding carboxylic acids is 1. The summed E-state index contributed by atoms with van der Waals surface area (Å²) < 4.78 is 4.56. The highest BCUT2D eigenvalue weighted by Crippen LogP contribution is 2.28. The van der Waals surface area contributed by atoms with Crippen molar-refractivity contribution in [2.75, 3.05) is 24.3 Å². The van der Waals surface area contributed by atoms with Crippen LogP contribution >= 0.6 is 0 Å². The van der Waals surface area contributed by atoms with Gasteiger partial charge in [-0.3, -0.25) is 5.32 Å². The molecule has 0 saturated heterocycles. The Balaban J connectivity index is 1.80.